The van der Waals surface area contributed by atoms with E-state index in [4.69, 9.17) is 0 Å². The molecule has 0 radical (unpaired) electrons. The minimum Gasteiger partial charge on any atom is -0.366 e. The summed E-state index contributed by atoms with van der Waals surface area (Å²) in [5.41, 5.74) is 3.06. The maximum absolute atomic E-state index is 4.51. The largest absolute Gasteiger partial charge is 0.366 e. The monoisotopic (exact) mass is 304 g/mol. The van der Waals surface area contributed by atoms with Crippen LogP contribution in [-0.2, 0) is 6.54 Å². The van der Waals surface area contributed by atoms with Crippen LogP contribution in [0.2, 0.25) is 0 Å². The van der Waals surface area contributed by atoms with Gasteiger partial charge in [0.15, 0.2) is 0 Å². The molecular weight excluding hydrogens is 284 g/mol. The maximum atomic E-state index is 4.51. The van der Waals surface area contributed by atoms with Crippen molar-refractivity contribution in [1.82, 2.24) is 19.9 Å². The summed E-state index contributed by atoms with van der Waals surface area (Å²) >= 11 is 1.66. The van der Waals surface area contributed by atoms with E-state index in [0.29, 0.717) is 6.04 Å². The number of thiazole rings is 1. The van der Waals surface area contributed by atoms with E-state index in [-0.39, 0.29) is 0 Å². The molecular formula is C14H20N6S. The lowest BCUT2D eigenvalue weighted by atomic mass is 10.2. The topological polar surface area (TPSA) is 57.2 Å². The summed E-state index contributed by atoms with van der Waals surface area (Å²) in [4.78, 5) is 17.4. The zero-order valence-corrected chi connectivity index (χ0v) is 13.2. The summed E-state index contributed by atoms with van der Waals surface area (Å²) in [7, 11) is 3.90. The Balaban J connectivity index is 1.56. The van der Waals surface area contributed by atoms with Gasteiger partial charge in [0.05, 0.1) is 11.2 Å². The van der Waals surface area contributed by atoms with Gasteiger partial charge in [0.1, 0.15) is 5.82 Å². The van der Waals surface area contributed by atoms with Crippen LogP contribution in [0.3, 0.4) is 0 Å². The standard InChI is InChI=1S/C14H20N6S/c1-19(2)14-15-5-3-13(18-14)17-11-4-6-20(7-11)8-12-9-21-10-16-12/h3,5,9-11H,4,6-8H2,1-2H3,(H,15,17,18). The Hall–Kier alpha value is -1.73. The summed E-state index contributed by atoms with van der Waals surface area (Å²) in [6.45, 7) is 3.06. The van der Waals surface area contributed by atoms with Gasteiger partial charge in [0.25, 0.3) is 0 Å². The van der Waals surface area contributed by atoms with E-state index in [0.717, 1.165) is 43.5 Å². The molecule has 1 aliphatic heterocycles. The lowest BCUT2D eigenvalue weighted by molar-refractivity contribution is 0.325. The molecule has 0 bridgehead atoms. The highest BCUT2D eigenvalue weighted by Crippen LogP contribution is 2.17. The van der Waals surface area contributed by atoms with Crippen molar-refractivity contribution in [2.75, 3.05) is 37.4 Å². The Morgan fingerprint density at radius 2 is 2.33 bits per heavy atom. The van der Waals surface area contributed by atoms with Crippen molar-refractivity contribution in [3.8, 4) is 0 Å². The van der Waals surface area contributed by atoms with Crippen molar-refractivity contribution >= 4 is 23.1 Å². The summed E-state index contributed by atoms with van der Waals surface area (Å²) in [5.74, 6) is 1.63. The highest BCUT2D eigenvalue weighted by atomic mass is 32.1. The quantitative estimate of drug-likeness (QED) is 0.907. The van der Waals surface area contributed by atoms with Gasteiger partial charge in [-0.05, 0) is 12.5 Å². The molecule has 0 spiro atoms. The van der Waals surface area contributed by atoms with Crippen molar-refractivity contribution < 1.29 is 0 Å². The number of nitrogens with one attached hydrogen (secondary N) is 1. The average molecular weight is 304 g/mol. The maximum Gasteiger partial charge on any atom is 0.226 e. The van der Waals surface area contributed by atoms with Crippen LogP contribution >= 0.6 is 11.3 Å². The fourth-order valence-corrected chi connectivity index (χ4v) is 3.04. The third-order valence-electron chi connectivity index (χ3n) is 3.54. The first-order valence-electron chi connectivity index (χ1n) is 7.07. The number of anilines is 2. The van der Waals surface area contributed by atoms with E-state index >= 15 is 0 Å². The number of rotatable bonds is 5. The first-order valence-corrected chi connectivity index (χ1v) is 8.01. The first kappa shape index (κ1) is 14.2. The lowest BCUT2D eigenvalue weighted by Crippen LogP contribution is -2.26. The summed E-state index contributed by atoms with van der Waals surface area (Å²) in [6.07, 6.45) is 2.93. The van der Waals surface area contributed by atoms with Crippen LogP contribution in [0, 0.1) is 0 Å². The Kier molecular flexibility index (Phi) is 4.31. The second-order valence-corrected chi connectivity index (χ2v) is 6.20. The molecule has 3 rings (SSSR count). The molecule has 0 amide bonds. The molecule has 6 nitrogen and oxygen atoms in total. The Morgan fingerprint density at radius 3 is 3.10 bits per heavy atom. The average Bonchev–Trinajstić information content (AvgIpc) is 3.12. The number of nitrogens with zero attached hydrogens (tertiary/aromatic N) is 5. The van der Waals surface area contributed by atoms with Gasteiger partial charge in [-0.15, -0.1) is 11.3 Å². The highest BCUT2D eigenvalue weighted by Gasteiger charge is 2.23. The van der Waals surface area contributed by atoms with E-state index in [9.17, 15) is 0 Å². The predicted octanol–water partition coefficient (Wildman–Crippen LogP) is 1.69. The first-order chi connectivity index (χ1) is 10.2. The van der Waals surface area contributed by atoms with Crippen molar-refractivity contribution in [1.29, 1.82) is 0 Å². The second-order valence-electron chi connectivity index (χ2n) is 5.48. The molecule has 3 heterocycles. The number of likely N-dealkylation sites (tertiary alicyclic amines) is 1. The molecule has 1 fully saturated rings. The van der Waals surface area contributed by atoms with Crippen LogP contribution in [-0.4, -0.2) is 53.1 Å². The van der Waals surface area contributed by atoms with Gasteiger partial charge in [0, 0.05) is 51.3 Å². The van der Waals surface area contributed by atoms with E-state index in [2.05, 4.69) is 30.5 Å². The molecule has 112 valence electrons. The summed E-state index contributed by atoms with van der Waals surface area (Å²) in [6, 6.07) is 2.37. The molecule has 0 saturated carbocycles. The molecule has 1 saturated heterocycles. The Bertz CT molecular complexity index is 571. The van der Waals surface area contributed by atoms with Gasteiger partial charge in [-0.25, -0.2) is 9.97 Å². The Labute approximate surface area is 128 Å². The van der Waals surface area contributed by atoms with E-state index in [1.807, 2.05) is 30.6 Å². The molecule has 0 aromatic carbocycles. The van der Waals surface area contributed by atoms with E-state index < -0.39 is 0 Å². The highest BCUT2D eigenvalue weighted by molar-refractivity contribution is 7.07. The molecule has 0 aliphatic carbocycles. The van der Waals surface area contributed by atoms with Gasteiger partial charge in [0.2, 0.25) is 5.95 Å². The van der Waals surface area contributed by atoms with Gasteiger partial charge in [-0.3, -0.25) is 4.90 Å². The third-order valence-corrected chi connectivity index (χ3v) is 4.17. The minimum absolute atomic E-state index is 0.438. The molecule has 2 aromatic heterocycles. The van der Waals surface area contributed by atoms with Crippen LogP contribution in [0.1, 0.15) is 12.1 Å². The molecule has 1 unspecified atom stereocenters. The minimum atomic E-state index is 0.438. The molecule has 1 atom stereocenters. The van der Waals surface area contributed by atoms with Gasteiger partial charge >= 0.3 is 0 Å². The van der Waals surface area contributed by atoms with E-state index in [1.165, 1.54) is 0 Å². The van der Waals surface area contributed by atoms with Crippen molar-refractivity contribution in [2.24, 2.45) is 0 Å². The predicted molar refractivity (Wildman–Crippen MR) is 85.8 cm³/mol. The van der Waals surface area contributed by atoms with Gasteiger partial charge in [-0.2, -0.15) is 4.98 Å². The van der Waals surface area contributed by atoms with Crippen LogP contribution in [0.4, 0.5) is 11.8 Å². The molecule has 21 heavy (non-hydrogen) atoms. The normalized spacial score (nSPS) is 18.9. The third kappa shape index (κ3) is 3.68. The summed E-state index contributed by atoms with van der Waals surface area (Å²) < 4.78 is 0. The molecule has 1 aliphatic rings. The van der Waals surface area contributed by atoms with Crippen LogP contribution in [0.25, 0.3) is 0 Å². The fraction of sp³-hybridized carbons (Fsp3) is 0.500. The van der Waals surface area contributed by atoms with Crippen molar-refractivity contribution in [3.63, 3.8) is 0 Å². The summed E-state index contributed by atoms with van der Waals surface area (Å²) in [5, 5.41) is 5.63. The van der Waals surface area contributed by atoms with Crippen LogP contribution in [0.15, 0.2) is 23.2 Å². The second kappa shape index (κ2) is 6.36. The van der Waals surface area contributed by atoms with Crippen molar-refractivity contribution in [3.05, 3.63) is 28.8 Å². The smallest absolute Gasteiger partial charge is 0.226 e. The fourth-order valence-electron chi connectivity index (χ4n) is 2.49. The van der Waals surface area contributed by atoms with Crippen LogP contribution in [0.5, 0.6) is 0 Å². The number of aromatic nitrogens is 3. The lowest BCUT2D eigenvalue weighted by Gasteiger charge is -2.17. The molecule has 7 heteroatoms. The SMILES string of the molecule is CN(C)c1nccc(NC2CCN(Cc3cscn3)C2)n1. The van der Waals surface area contributed by atoms with Crippen LogP contribution < -0.4 is 10.2 Å². The zero-order valence-electron chi connectivity index (χ0n) is 12.4. The molecule has 1 N–H and O–H groups in total. The number of hydrogen-bond donors (Lipinski definition) is 1. The molecule has 2 aromatic rings. The number of hydrogen-bond acceptors (Lipinski definition) is 7. The van der Waals surface area contributed by atoms with Crippen molar-refractivity contribution in [2.45, 2.75) is 19.0 Å². The van der Waals surface area contributed by atoms with E-state index in [1.54, 1.807) is 17.5 Å². The van der Waals surface area contributed by atoms with Gasteiger partial charge in [-0.1, -0.05) is 0 Å². The van der Waals surface area contributed by atoms with Gasteiger partial charge < -0.3 is 10.2 Å². The zero-order chi connectivity index (χ0) is 14.7. The Morgan fingerprint density at radius 1 is 1.43 bits per heavy atom.